The molecule has 0 radical (unpaired) electrons. The van der Waals surface area contributed by atoms with Crippen LogP contribution in [0.25, 0.3) is 0 Å². The zero-order valence-corrected chi connectivity index (χ0v) is 10.5. The molecule has 0 aromatic carbocycles. The molecule has 6 heteroatoms. The Labute approximate surface area is 99.9 Å². The highest BCUT2D eigenvalue weighted by atomic mass is 16.5. The summed E-state index contributed by atoms with van der Waals surface area (Å²) in [6.45, 7) is 6.40. The minimum absolute atomic E-state index is 0.0366. The largest absolute Gasteiger partial charge is 0.633 e. The van der Waals surface area contributed by atoms with Gasteiger partial charge in [-0.25, -0.2) is 0 Å². The third-order valence-corrected chi connectivity index (χ3v) is 2.98. The molecular formula is C11H18N2O4. The molecule has 0 spiro atoms. The molecule has 96 valence electrons. The first kappa shape index (κ1) is 13.7. The highest BCUT2D eigenvalue weighted by Crippen LogP contribution is 2.24. The smallest absolute Gasteiger partial charge is 0.322 e. The summed E-state index contributed by atoms with van der Waals surface area (Å²) in [4.78, 5) is 22.2. The molecule has 1 unspecified atom stereocenters. The Kier molecular flexibility index (Phi) is 3.31. The normalized spacial score (nSPS) is 25.2. The topological polar surface area (TPSA) is 93.9 Å². The molecule has 6 nitrogen and oxygen atoms in total. The maximum atomic E-state index is 12.1. The van der Waals surface area contributed by atoms with Crippen molar-refractivity contribution in [3.63, 3.8) is 0 Å². The second kappa shape index (κ2) is 4.12. The van der Waals surface area contributed by atoms with Crippen molar-refractivity contribution in [2.45, 2.75) is 38.8 Å². The van der Waals surface area contributed by atoms with Gasteiger partial charge in [-0.1, -0.05) is 0 Å². The van der Waals surface area contributed by atoms with Crippen LogP contribution in [0.3, 0.4) is 0 Å². The number of nitrogens with one attached hydrogen (secondary N) is 2. The van der Waals surface area contributed by atoms with Gasteiger partial charge in [0.15, 0.2) is 0 Å². The quantitative estimate of drug-likeness (QED) is 0.557. The molecule has 0 aliphatic carbocycles. The fourth-order valence-corrected chi connectivity index (χ4v) is 2.14. The summed E-state index contributed by atoms with van der Waals surface area (Å²) in [5.41, 5.74) is -1.21. The van der Waals surface area contributed by atoms with Crippen LogP contribution in [0.1, 0.15) is 27.7 Å². The Morgan fingerprint density at radius 1 is 1.41 bits per heavy atom. The molecule has 0 fully saturated rings. The van der Waals surface area contributed by atoms with Crippen molar-refractivity contribution < 1.29 is 19.8 Å². The fourth-order valence-electron chi connectivity index (χ4n) is 2.14. The minimum Gasteiger partial charge on any atom is -0.633 e. The van der Waals surface area contributed by atoms with Gasteiger partial charge in [-0.2, -0.15) is 0 Å². The summed E-state index contributed by atoms with van der Waals surface area (Å²) < 4.78 is 0. The van der Waals surface area contributed by atoms with Crippen molar-refractivity contribution in [2.24, 2.45) is 0 Å². The monoisotopic (exact) mass is 242 g/mol. The van der Waals surface area contributed by atoms with Gasteiger partial charge in [0.05, 0.1) is 5.57 Å². The first-order valence-corrected chi connectivity index (χ1v) is 5.37. The van der Waals surface area contributed by atoms with Crippen molar-refractivity contribution in [1.29, 1.82) is 0 Å². The number of carboxylic acid groups (broad SMARTS) is 1. The summed E-state index contributed by atoms with van der Waals surface area (Å²) in [5.74, 6) is -1.60. The lowest BCUT2D eigenvalue weighted by Gasteiger charge is -2.41. The van der Waals surface area contributed by atoms with Gasteiger partial charge in [0.2, 0.25) is 0 Å². The Morgan fingerprint density at radius 3 is 2.29 bits per heavy atom. The third-order valence-electron chi connectivity index (χ3n) is 2.98. The molecule has 0 saturated heterocycles. The molecule has 0 saturated carbocycles. The van der Waals surface area contributed by atoms with Crippen LogP contribution in [0.5, 0.6) is 0 Å². The highest BCUT2D eigenvalue weighted by molar-refractivity contribution is 5.97. The van der Waals surface area contributed by atoms with E-state index in [9.17, 15) is 14.8 Å². The lowest BCUT2D eigenvalue weighted by molar-refractivity contribution is -0.927. The molecule has 0 aromatic heterocycles. The van der Waals surface area contributed by atoms with E-state index in [-0.39, 0.29) is 5.06 Å². The summed E-state index contributed by atoms with van der Waals surface area (Å²) in [7, 11) is 0. The van der Waals surface area contributed by atoms with Crippen LogP contribution in [0.4, 0.5) is 0 Å². The van der Waals surface area contributed by atoms with Crippen LogP contribution in [0.2, 0.25) is 0 Å². The molecule has 1 heterocycles. The average molecular weight is 242 g/mol. The van der Waals surface area contributed by atoms with Crippen molar-refractivity contribution in [3.8, 4) is 0 Å². The van der Waals surface area contributed by atoms with E-state index < -0.39 is 29.5 Å². The van der Waals surface area contributed by atoms with E-state index in [0.717, 1.165) is 0 Å². The van der Waals surface area contributed by atoms with E-state index in [4.69, 9.17) is 5.11 Å². The van der Waals surface area contributed by atoms with Crippen molar-refractivity contribution >= 4 is 11.9 Å². The Balaban J connectivity index is 2.90. The van der Waals surface area contributed by atoms with Gasteiger partial charge in [-0.15, -0.1) is 0 Å². The molecular weight excluding hydrogens is 224 g/mol. The van der Waals surface area contributed by atoms with Gasteiger partial charge >= 0.3 is 5.97 Å². The van der Waals surface area contributed by atoms with Crippen LogP contribution < -0.4 is 10.4 Å². The number of hydrogen-bond donors (Lipinski definition) is 3. The number of carbonyl (C=O) groups is 2. The molecule has 17 heavy (non-hydrogen) atoms. The predicted octanol–water partition coefficient (Wildman–Crippen LogP) is -0.933. The first-order valence-electron chi connectivity index (χ1n) is 5.37. The molecule has 0 bridgehead atoms. The Hall–Kier alpha value is -1.40. The van der Waals surface area contributed by atoms with Crippen LogP contribution in [-0.2, 0) is 9.59 Å². The summed E-state index contributed by atoms with van der Waals surface area (Å²) in [5, 5.41) is 22.8. The molecule has 1 rings (SSSR count). The minimum atomic E-state index is -1.11. The Bertz CT molecular complexity index is 385. The summed E-state index contributed by atoms with van der Waals surface area (Å²) >= 11 is 0. The number of aliphatic carboxylic acids is 1. The van der Waals surface area contributed by atoms with Crippen molar-refractivity contribution in [3.05, 3.63) is 16.9 Å². The lowest BCUT2D eigenvalue weighted by atomic mass is 9.96. The first-order chi connectivity index (χ1) is 7.59. The summed E-state index contributed by atoms with van der Waals surface area (Å²) in [6, 6.07) is 0. The van der Waals surface area contributed by atoms with Gasteiger partial charge in [0, 0.05) is 0 Å². The number of quaternary nitrogens is 1. The highest BCUT2D eigenvalue weighted by Gasteiger charge is 2.47. The third kappa shape index (κ3) is 2.48. The number of amides is 1. The van der Waals surface area contributed by atoms with E-state index in [2.05, 4.69) is 5.32 Å². The van der Waals surface area contributed by atoms with Crippen molar-refractivity contribution in [1.82, 2.24) is 5.32 Å². The van der Waals surface area contributed by atoms with Crippen LogP contribution in [0.15, 0.2) is 11.6 Å². The maximum absolute atomic E-state index is 12.1. The number of hydrogen-bond acceptors (Lipinski definition) is 3. The SMILES string of the molecule is CC1(C)C=C(C(=O)NCC(=O)O)C(C)(C)[NH+]1[O-]. The summed E-state index contributed by atoms with van der Waals surface area (Å²) in [6.07, 6.45) is 1.62. The fraction of sp³-hybridized carbons (Fsp3) is 0.636. The van der Waals surface area contributed by atoms with Gasteiger partial charge in [0.25, 0.3) is 5.91 Å². The molecule has 1 amide bonds. The van der Waals surface area contributed by atoms with E-state index >= 15 is 0 Å². The van der Waals surface area contributed by atoms with Crippen molar-refractivity contribution in [2.75, 3.05) is 6.54 Å². The lowest BCUT2D eigenvalue weighted by Crippen LogP contribution is -3.20. The van der Waals surface area contributed by atoms with E-state index in [0.29, 0.717) is 5.57 Å². The second-order valence-electron chi connectivity index (χ2n) is 5.31. The van der Waals surface area contributed by atoms with Crippen LogP contribution in [0, 0.1) is 5.21 Å². The predicted molar refractivity (Wildman–Crippen MR) is 61.2 cm³/mol. The van der Waals surface area contributed by atoms with Gasteiger partial charge in [-0.3, -0.25) is 9.59 Å². The van der Waals surface area contributed by atoms with E-state index in [1.807, 2.05) is 0 Å². The molecule has 0 aromatic rings. The maximum Gasteiger partial charge on any atom is 0.322 e. The number of hydroxylamine groups is 2. The van der Waals surface area contributed by atoms with Gasteiger partial charge < -0.3 is 20.7 Å². The van der Waals surface area contributed by atoms with E-state index in [1.165, 1.54) is 0 Å². The number of rotatable bonds is 3. The standard InChI is InChI=1S/C11H18N2O4/c1-10(2)5-7(11(3,4)13(10)17)9(16)12-6-8(14)15/h5,13H,6H2,1-4H3,(H,12,16)(H,14,15). The van der Waals surface area contributed by atoms with Crippen LogP contribution >= 0.6 is 0 Å². The number of carbonyl (C=O) groups excluding carboxylic acids is 1. The Morgan fingerprint density at radius 2 is 1.94 bits per heavy atom. The zero-order valence-electron chi connectivity index (χ0n) is 10.5. The molecule has 1 aliphatic heterocycles. The average Bonchev–Trinajstić information content (AvgIpc) is 2.35. The molecule has 1 atom stereocenters. The van der Waals surface area contributed by atoms with Gasteiger partial charge in [-0.05, 0) is 33.8 Å². The van der Waals surface area contributed by atoms with E-state index in [1.54, 1.807) is 33.8 Å². The number of carboxylic acids is 1. The zero-order chi connectivity index (χ0) is 13.4. The van der Waals surface area contributed by atoms with Crippen LogP contribution in [-0.4, -0.2) is 34.6 Å². The molecule has 3 N–H and O–H groups in total. The molecule has 1 aliphatic rings. The van der Waals surface area contributed by atoms with Gasteiger partial charge in [0.1, 0.15) is 17.6 Å². The second-order valence-corrected chi connectivity index (χ2v) is 5.31.